The van der Waals surface area contributed by atoms with Gasteiger partial charge >= 0.3 is 5.97 Å². The van der Waals surface area contributed by atoms with E-state index in [0.29, 0.717) is 41.3 Å². The van der Waals surface area contributed by atoms with Crippen molar-refractivity contribution in [1.29, 1.82) is 0 Å². The van der Waals surface area contributed by atoms with Gasteiger partial charge in [0.2, 0.25) is 0 Å². The molecule has 0 N–H and O–H groups in total. The number of ether oxygens (including phenoxy) is 1. The molecule has 0 spiro atoms. The van der Waals surface area contributed by atoms with Gasteiger partial charge in [-0.05, 0) is 54.5 Å². The first-order chi connectivity index (χ1) is 13.8. The van der Waals surface area contributed by atoms with Crippen LogP contribution in [0.1, 0.15) is 54.4 Å². The zero-order valence-electron chi connectivity index (χ0n) is 18.6. The monoisotopic (exact) mass is 478 g/mol. The highest BCUT2D eigenvalue weighted by Gasteiger charge is 2.40. The molecule has 1 aromatic carbocycles. The summed E-state index contributed by atoms with van der Waals surface area (Å²) in [4.78, 5) is 20.1. The van der Waals surface area contributed by atoms with E-state index in [4.69, 9.17) is 4.74 Å². The van der Waals surface area contributed by atoms with Gasteiger partial charge in [-0.3, -0.25) is 4.79 Å². The lowest BCUT2D eigenvalue weighted by Gasteiger charge is -2.43. The third-order valence-electron chi connectivity index (χ3n) is 5.33. The number of carbonyl (C=O) groups excluding carboxylic acids is 1. The second-order valence-corrected chi connectivity index (χ2v) is 11.1. The molecule has 1 aromatic heterocycles. The molecule has 1 aliphatic rings. The smallest absolute Gasteiger partial charge is 0.311 e. The van der Waals surface area contributed by atoms with Crippen LogP contribution in [0.15, 0.2) is 22.7 Å². The Morgan fingerprint density at radius 2 is 2.00 bits per heavy atom. The molecule has 30 heavy (non-hydrogen) atoms. The quantitative estimate of drug-likeness (QED) is 0.372. The van der Waals surface area contributed by atoms with Crippen LogP contribution in [0.2, 0.25) is 0 Å². The first-order valence-corrected chi connectivity index (χ1v) is 11.2. The summed E-state index contributed by atoms with van der Waals surface area (Å²) in [5, 5.41) is 16.8. The Bertz CT molecular complexity index is 945. The first-order valence-electron chi connectivity index (χ1n) is 10.4. The summed E-state index contributed by atoms with van der Waals surface area (Å²) in [6.45, 7) is 13.6. The van der Waals surface area contributed by atoms with Crippen LogP contribution in [-0.4, -0.2) is 35.2 Å². The van der Waals surface area contributed by atoms with Gasteiger partial charge in [-0.25, -0.2) is 4.98 Å². The summed E-state index contributed by atoms with van der Waals surface area (Å²) in [5.41, 5.74) is 0.920. The van der Waals surface area contributed by atoms with Crippen LogP contribution >= 0.6 is 15.9 Å². The van der Waals surface area contributed by atoms with Crippen LogP contribution < -0.4 is 9.75 Å². The predicted octanol–water partition coefficient (Wildman–Crippen LogP) is 4.25. The third kappa shape index (κ3) is 5.39. The summed E-state index contributed by atoms with van der Waals surface area (Å²) in [7, 11) is 0. The second-order valence-electron chi connectivity index (χ2n) is 10.2. The summed E-state index contributed by atoms with van der Waals surface area (Å²) < 4.78 is 6.34. The standard InChI is InChI=1S/C22H31BrN4O3/c1-14(2)30-19(28)15-10-21(3,4)12-22(5,6)13-26(11-15)20-24-17-8-7-16(23)9-18(17)27(29)25-20/h7-9,14-15H,10-13H2,1-6H3. The molecule has 0 amide bonds. The van der Waals surface area contributed by atoms with Gasteiger partial charge in [0.1, 0.15) is 5.52 Å². The Labute approximate surface area is 186 Å². The van der Waals surface area contributed by atoms with Crippen molar-refractivity contribution < 1.29 is 14.4 Å². The van der Waals surface area contributed by atoms with E-state index in [1.807, 2.05) is 24.8 Å². The van der Waals surface area contributed by atoms with Crippen LogP contribution in [0.4, 0.5) is 5.95 Å². The molecular formula is C22H31BrN4O3. The van der Waals surface area contributed by atoms with Crippen LogP contribution in [0.25, 0.3) is 11.0 Å². The van der Waals surface area contributed by atoms with E-state index < -0.39 is 0 Å². The van der Waals surface area contributed by atoms with Gasteiger partial charge in [-0.15, -0.1) is 0 Å². The molecule has 1 saturated heterocycles. The minimum absolute atomic E-state index is 0.00871. The molecule has 0 radical (unpaired) electrons. The topological polar surface area (TPSA) is 82.3 Å². The van der Waals surface area contributed by atoms with E-state index in [-0.39, 0.29) is 28.8 Å². The summed E-state index contributed by atoms with van der Waals surface area (Å²) in [6, 6.07) is 5.35. The third-order valence-corrected chi connectivity index (χ3v) is 5.82. The van der Waals surface area contributed by atoms with Crippen LogP contribution in [-0.2, 0) is 9.53 Å². The highest BCUT2D eigenvalue weighted by atomic mass is 79.9. The molecule has 3 rings (SSSR count). The SMILES string of the molecule is CC(C)OC(=O)C1CN(c2nc3ccc(Br)cc3[n+]([O-])n2)CC(C)(C)CC(C)(C)C1. The lowest BCUT2D eigenvalue weighted by Crippen LogP contribution is -2.48. The Balaban J connectivity index is 2.01. The van der Waals surface area contributed by atoms with E-state index in [9.17, 15) is 10.0 Å². The Hall–Kier alpha value is -1.96. The zero-order valence-corrected chi connectivity index (χ0v) is 20.2. The Morgan fingerprint density at radius 3 is 2.67 bits per heavy atom. The van der Waals surface area contributed by atoms with Crippen molar-refractivity contribution >= 4 is 38.9 Å². The molecule has 1 fully saturated rings. The maximum Gasteiger partial charge on any atom is 0.311 e. The molecule has 8 heteroatoms. The van der Waals surface area contributed by atoms with Crippen molar-refractivity contribution in [3.05, 3.63) is 27.9 Å². The average molecular weight is 479 g/mol. The van der Waals surface area contributed by atoms with Gasteiger partial charge < -0.3 is 14.8 Å². The van der Waals surface area contributed by atoms with E-state index in [1.54, 1.807) is 12.1 Å². The van der Waals surface area contributed by atoms with Crippen molar-refractivity contribution in [3.8, 4) is 0 Å². The summed E-state index contributed by atoms with van der Waals surface area (Å²) in [5.74, 6) is -0.180. The number of carbonyl (C=O) groups is 1. The highest BCUT2D eigenvalue weighted by Crippen LogP contribution is 2.42. The van der Waals surface area contributed by atoms with E-state index in [1.165, 1.54) is 0 Å². The Morgan fingerprint density at radius 1 is 1.30 bits per heavy atom. The summed E-state index contributed by atoms with van der Waals surface area (Å²) in [6.07, 6.45) is 1.46. The van der Waals surface area contributed by atoms with E-state index in [0.717, 1.165) is 10.9 Å². The van der Waals surface area contributed by atoms with Gasteiger partial charge in [-0.1, -0.05) is 43.6 Å². The van der Waals surface area contributed by atoms with Crippen molar-refractivity contribution in [2.75, 3.05) is 18.0 Å². The molecule has 1 aliphatic heterocycles. The van der Waals surface area contributed by atoms with Gasteiger partial charge in [0, 0.05) is 23.6 Å². The number of anilines is 1. The fourth-order valence-corrected chi connectivity index (χ4v) is 5.13. The number of aromatic nitrogens is 3. The van der Waals surface area contributed by atoms with Gasteiger partial charge in [0.15, 0.2) is 0 Å². The summed E-state index contributed by atoms with van der Waals surface area (Å²) >= 11 is 3.38. The van der Waals surface area contributed by atoms with Crippen molar-refractivity contribution in [2.24, 2.45) is 16.7 Å². The highest BCUT2D eigenvalue weighted by molar-refractivity contribution is 9.10. The second kappa shape index (κ2) is 8.29. The van der Waals surface area contributed by atoms with Gasteiger partial charge in [0.05, 0.1) is 17.1 Å². The minimum atomic E-state index is -0.317. The molecule has 2 heterocycles. The largest absolute Gasteiger partial charge is 0.594 e. The number of halogens is 1. The van der Waals surface area contributed by atoms with Crippen molar-refractivity contribution in [3.63, 3.8) is 0 Å². The van der Waals surface area contributed by atoms with E-state index in [2.05, 4.69) is 53.7 Å². The molecule has 1 atom stereocenters. The fraction of sp³-hybridized carbons (Fsp3) is 0.636. The number of hydrogen-bond acceptors (Lipinski definition) is 6. The molecule has 2 aromatic rings. The molecule has 0 saturated carbocycles. The first kappa shape index (κ1) is 22.7. The van der Waals surface area contributed by atoms with Gasteiger partial charge in [-0.2, -0.15) is 0 Å². The molecule has 0 aliphatic carbocycles. The molecule has 0 bridgehead atoms. The number of nitrogens with zero attached hydrogens (tertiary/aromatic N) is 4. The molecule has 164 valence electrons. The number of hydrogen-bond donors (Lipinski definition) is 0. The predicted molar refractivity (Wildman–Crippen MR) is 120 cm³/mol. The van der Waals surface area contributed by atoms with Crippen molar-refractivity contribution in [1.82, 2.24) is 10.1 Å². The number of benzene rings is 1. The lowest BCUT2D eigenvalue weighted by molar-refractivity contribution is -0.641. The normalized spacial score (nSPS) is 21.3. The average Bonchev–Trinajstić information content (AvgIpc) is 2.57. The van der Waals surface area contributed by atoms with Crippen molar-refractivity contribution in [2.45, 2.75) is 60.5 Å². The Kier molecular flexibility index (Phi) is 6.28. The lowest BCUT2D eigenvalue weighted by atomic mass is 9.69. The molecule has 1 unspecified atom stereocenters. The fourth-order valence-electron chi connectivity index (χ4n) is 4.78. The maximum atomic E-state index is 12.9. The van der Waals surface area contributed by atoms with Crippen LogP contribution in [0, 0.1) is 22.0 Å². The van der Waals surface area contributed by atoms with E-state index >= 15 is 0 Å². The minimum Gasteiger partial charge on any atom is -0.594 e. The number of rotatable bonds is 3. The van der Waals surface area contributed by atoms with Crippen LogP contribution in [0.3, 0.4) is 0 Å². The maximum absolute atomic E-state index is 12.9. The zero-order chi connectivity index (χ0) is 22.3. The van der Waals surface area contributed by atoms with Gasteiger partial charge in [0.25, 0.3) is 11.5 Å². The van der Waals surface area contributed by atoms with Crippen LogP contribution in [0.5, 0.6) is 0 Å². The number of fused-ring (bicyclic) bond motifs is 1. The molecule has 7 nitrogen and oxygen atoms in total. The number of esters is 1. The molecular weight excluding hydrogens is 448 g/mol.